The van der Waals surface area contributed by atoms with Crippen LogP contribution in [0.4, 0.5) is 0 Å². The van der Waals surface area contributed by atoms with E-state index in [4.69, 9.17) is 14.3 Å². The Labute approximate surface area is 163 Å². The minimum absolute atomic E-state index is 0. The molecule has 0 radical (unpaired) electrons. The fourth-order valence-electron chi connectivity index (χ4n) is 2.45. The molecule has 0 aromatic carbocycles. The number of nitrogens with zero attached hydrogens (tertiary/aromatic N) is 6. The summed E-state index contributed by atoms with van der Waals surface area (Å²) in [5.74, 6) is 0. The van der Waals surface area contributed by atoms with Crippen molar-refractivity contribution >= 4 is 7.32 Å². The van der Waals surface area contributed by atoms with Gasteiger partial charge in [-0.3, -0.25) is 0 Å². The molecule has 0 spiro atoms. The fourth-order valence-corrected chi connectivity index (χ4v) is 2.45. The van der Waals surface area contributed by atoms with Gasteiger partial charge in [0.25, 0.3) is 0 Å². The number of hydrogen-bond acceptors (Lipinski definition) is 6. The minimum Gasteiger partial charge on any atom is -0.380 e. The third-order valence-electron chi connectivity index (χ3n) is 3.46. The van der Waals surface area contributed by atoms with E-state index in [0.717, 1.165) is 34.2 Å². The summed E-state index contributed by atoms with van der Waals surface area (Å²) in [5.41, 5.74) is 4.93. The van der Waals surface area contributed by atoms with Gasteiger partial charge in [-0.05, 0) is 59.7 Å². The summed E-state index contributed by atoms with van der Waals surface area (Å²) in [5, 5.41) is 12.8. The molecular formula is C15H21BCrN6O3. The van der Waals surface area contributed by atoms with Crippen molar-refractivity contribution in [2.75, 3.05) is 0 Å². The number of aryl methyl sites for hydroxylation is 6. The Balaban J connectivity index is 0.00000243. The molecule has 26 heavy (non-hydrogen) atoms. The van der Waals surface area contributed by atoms with E-state index in [1.54, 1.807) is 0 Å². The van der Waals surface area contributed by atoms with Gasteiger partial charge in [-0.1, -0.05) is 0 Å². The molecule has 9 nitrogen and oxygen atoms in total. The topological polar surface area (TPSA) is 81.1 Å². The molecule has 0 atom stereocenters. The zero-order valence-corrected chi connectivity index (χ0v) is 16.9. The minimum atomic E-state index is -1.14. The first-order valence-corrected chi connectivity index (χ1v) is 7.93. The molecule has 0 unspecified atom stereocenters. The van der Waals surface area contributed by atoms with E-state index < -0.39 is 7.32 Å². The molecule has 0 aliphatic rings. The molecule has 0 aliphatic carbocycles. The summed E-state index contributed by atoms with van der Waals surface area (Å²) in [6.07, 6.45) is 0. The predicted molar refractivity (Wildman–Crippen MR) is 90.6 cm³/mol. The molecule has 0 N–H and O–H groups in total. The molecule has 0 amide bonds. The molecular weight excluding hydrogens is 375 g/mol. The normalized spacial score (nSPS) is 10.4. The van der Waals surface area contributed by atoms with Crippen LogP contribution in [0.3, 0.4) is 0 Å². The second-order valence-corrected chi connectivity index (χ2v) is 6.01. The molecule has 3 aromatic heterocycles. The van der Waals surface area contributed by atoms with Crippen molar-refractivity contribution in [3.05, 3.63) is 52.4 Å². The molecule has 3 aromatic rings. The summed E-state index contributed by atoms with van der Waals surface area (Å²) >= 11 is 0. The van der Waals surface area contributed by atoms with E-state index in [2.05, 4.69) is 15.3 Å². The third kappa shape index (κ3) is 4.42. The van der Waals surface area contributed by atoms with Gasteiger partial charge in [0.2, 0.25) is 0 Å². The van der Waals surface area contributed by atoms with Crippen molar-refractivity contribution < 1.29 is 31.6 Å². The maximum atomic E-state index is 5.74. The quantitative estimate of drug-likeness (QED) is 0.574. The summed E-state index contributed by atoms with van der Waals surface area (Å²) in [6.45, 7) is 11.3. The van der Waals surface area contributed by atoms with E-state index in [0.29, 0.717) is 0 Å². The van der Waals surface area contributed by atoms with Crippen LogP contribution in [-0.4, -0.2) is 37.2 Å². The molecule has 0 saturated heterocycles. The molecule has 0 aliphatic heterocycles. The van der Waals surface area contributed by atoms with Crippen LogP contribution in [0.25, 0.3) is 0 Å². The van der Waals surface area contributed by atoms with Crippen molar-refractivity contribution in [3.8, 4) is 0 Å². The molecule has 0 saturated carbocycles. The fraction of sp³-hybridized carbons (Fsp3) is 0.400. The Kier molecular flexibility index (Phi) is 6.05. The maximum absolute atomic E-state index is 5.74. The van der Waals surface area contributed by atoms with E-state index in [9.17, 15) is 0 Å². The van der Waals surface area contributed by atoms with Crippen molar-refractivity contribution in [3.63, 3.8) is 0 Å². The van der Waals surface area contributed by atoms with Gasteiger partial charge in [0.1, 0.15) is 0 Å². The zero-order chi connectivity index (χ0) is 18.1. The summed E-state index contributed by atoms with van der Waals surface area (Å²) in [4.78, 5) is 4.08. The van der Waals surface area contributed by atoms with Crippen LogP contribution in [0, 0.1) is 41.5 Å². The van der Waals surface area contributed by atoms with Crippen LogP contribution in [0.1, 0.15) is 34.2 Å². The second kappa shape index (κ2) is 7.89. The standard InChI is InChI=1S/C15H21BN6O3.Cr/c1-10-7-13(4)20(17-10)23-16(24-21-14(5)8-11(2)18-21)25-22-15(6)9-12(3)19-22;/h7-9H,1-6H3;. The van der Waals surface area contributed by atoms with Crippen molar-refractivity contribution in [1.29, 1.82) is 0 Å². The number of rotatable bonds is 6. The smallest absolute Gasteiger partial charge is 0.380 e. The number of aromatic nitrogens is 6. The van der Waals surface area contributed by atoms with Gasteiger partial charge < -0.3 is 14.3 Å². The van der Waals surface area contributed by atoms with E-state index in [1.807, 2.05) is 59.7 Å². The van der Waals surface area contributed by atoms with Gasteiger partial charge in [-0.2, -0.15) is 0 Å². The average Bonchev–Trinajstić information content (AvgIpc) is 3.10. The molecule has 3 rings (SSSR count). The molecule has 0 bridgehead atoms. The molecule has 3 heterocycles. The Bertz CT molecular complexity index is 775. The van der Waals surface area contributed by atoms with Gasteiger partial charge >= 0.3 is 7.32 Å². The summed E-state index contributed by atoms with van der Waals surface area (Å²) < 4.78 is 17.2. The van der Waals surface area contributed by atoms with Crippen LogP contribution in [0.5, 0.6) is 0 Å². The van der Waals surface area contributed by atoms with Crippen molar-refractivity contribution in [1.82, 2.24) is 29.8 Å². The SMILES string of the molecule is Cc1cc(C)n(OB(On2nc(C)cc2C)On2nc(C)cc2C)n1.[Cr]. The predicted octanol–water partition coefficient (Wildman–Crippen LogP) is 0.795. The number of hydrogen-bond donors (Lipinski definition) is 0. The first-order chi connectivity index (χ1) is 11.8. The van der Waals surface area contributed by atoms with E-state index >= 15 is 0 Å². The average molecular weight is 396 g/mol. The summed E-state index contributed by atoms with van der Waals surface area (Å²) in [6, 6.07) is 5.68. The van der Waals surface area contributed by atoms with Crippen LogP contribution in [0.15, 0.2) is 18.2 Å². The Morgan fingerprint density at radius 3 is 1.08 bits per heavy atom. The van der Waals surface area contributed by atoms with Gasteiger partial charge in [0.05, 0.1) is 34.2 Å². The molecule has 138 valence electrons. The summed E-state index contributed by atoms with van der Waals surface area (Å²) in [7, 11) is -1.14. The van der Waals surface area contributed by atoms with Crippen LogP contribution < -0.4 is 14.3 Å². The zero-order valence-electron chi connectivity index (χ0n) is 15.6. The Morgan fingerprint density at radius 1 is 0.615 bits per heavy atom. The first-order valence-electron chi connectivity index (χ1n) is 7.93. The monoisotopic (exact) mass is 396 g/mol. The maximum Gasteiger partial charge on any atom is 0.929 e. The van der Waals surface area contributed by atoms with Crippen LogP contribution in [0.2, 0.25) is 0 Å². The second-order valence-electron chi connectivity index (χ2n) is 6.01. The van der Waals surface area contributed by atoms with Crippen molar-refractivity contribution in [2.24, 2.45) is 0 Å². The van der Waals surface area contributed by atoms with Gasteiger partial charge in [0, 0.05) is 17.4 Å². The Morgan fingerprint density at radius 2 is 0.885 bits per heavy atom. The van der Waals surface area contributed by atoms with Gasteiger partial charge in [0.15, 0.2) is 0 Å². The van der Waals surface area contributed by atoms with Crippen molar-refractivity contribution in [2.45, 2.75) is 41.5 Å². The van der Waals surface area contributed by atoms with E-state index in [1.165, 1.54) is 14.5 Å². The van der Waals surface area contributed by atoms with E-state index in [-0.39, 0.29) is 17.4 Å². The molecule has 0 fully saturated rings. The largest absolute Gasteiger partial charge is 0.929 e. The van der Waals surface area contributed by atoms with Gasteiger partial charge in [-0.15, -0.1) is 29.8 Å². The van der Waals surface area contributed by atoms with Gasteiger partial charge in [-0.25, -0.2) is 0 Å². The first kappa shape index (κ1) is 19.9. The van der Waals surface area contributed by atoms with Crippen LogP contribution >= 0.6 is 0 Å². The molecule has 11 heteroatoms. The van der Waals surface area contributed by atoms with Crippen LogP contribution in [-0.2, 0) is 17.4 Å². The Hall–Kier alpha value is -2.37. The third-order valence-corrected chi connectivity index (χ3v) is 3.46.